The summed E-state index contributed by atoms with van der Waals surface area (Å²) in [5.41, 5.74) is 0.985. The van der Waals surface area contributed by atoms with Crippen LogP contribution in [0.25, 0.3) is 0 Å². The summed E-state index contributed by atoms with van der Waals surface area (Å²) < 4.78 is 12.6. The summed E-state index contributed by atoms with van der Waals surface area (Å²) in [7, 11) is 0. The summed E-state index contributed by atoms with van der Waals surface area (Å²) in [5.74, 6) is -0.434. The van der Waals surface area contributed by atoms with Crippen molar-refractivity contribution in [1.29, 1.82) is 0 Å². The highest BCUT2D eigenvalue weighted by Crippen LogP contribution is 2.02. The van der Waals surface area contributed by atoms with E-state index < -0.39 is 5.38 Å². The van der Waals surface area contributed by atoms with Gasteiger partial charge in [-0.05, 0) is 31.0 Å². The lowest BCUT2D eigenvalue weighted by Crippen LogP contribution is -2.31. The van der Waals surface area contributed by atoms with Gasteiger partial charge in [-0.15, -0.1) is 11.6 Å². The number of halogens is 2. The Morgan fingerprint density at radius 3 is 2.60 bits per heavy atom. The number of hydrogen-bond acceptors (Lipinski definition) is 1. The van der Waals surface area contributed by atoms with E-state index in [1.165, 1.54) is 12.1 Å². The van der Waals surface area contributed by atoms with Crippen molar-refractivity contribution >= 4 is 17.5 Å². The summed E-state index contributed by atoms with van der Waals surface area (Å²) >= 11 is 5.57. The van der Waals surface area contributed by atoms with Crippen molar-refractivity contribution in [2.45, 2.75) is 18.7 Å². The van der Waals surface area contributed by atoms with E-state index in [-0.39, 0.29) is 11.7 Å². The maximum Gasteiger partial charge on any atom is 0.237 e. The van der Waals surface area contributed by atoms with Crippen LogP contribution < -0.4 is 5.32 Å². The van der Waals surface area contributed by atoms with Gasteiger partial charge in [-0.2, -0.15) is 0 Å². The van der Waals surface area contributed by atoms with Gasteiger partial charge in [-0.1, -0.05) is 12.1 Å². The van der Waals surface area contributed by atoms with Crippen LogP contribution in [0.4, 0.5) is 4.39 Å². The van der Waals surface area contributed by atoms with Crippen molar-refractivity contribution in [3.05, 3.63) is 35.6 Å². The first kappa shape index (κ1) is 12.0. The van der Waals surface area contributed by atoms with Crippen molar-refractivity contribution in [1.82, 2.24) is 5.32 Å². The minimum absolute atomic E-state index is 0.182. The molecule has 1 amide bonds. The quantitative estimate of drug-likeness (QED) is 0.788. The van der Waals surface area contributed by atoms with Crippen LogP contribution in [0.5, 0.6) is 0 Å². The summed E-state index contributed by atoms with van der Waals surface area (Å²) in [6.07, 6.45) is 0.676. The molecule has 0 radical (unpaired) electrons. The fraction of sp³-hybridized carbons (Fsp3) is 0.364. The Morgan fingerprint density at radius 1 is 1.47 bits per heavy atom. The van der Waals surface area contributed by atoms with Crippen LogP contribution in [-0.4, -0.2) is 17.8 Å². The molecule has 82 valence electrons. The van der Waals surface area contributed by atoms with E-state index in [0.717, 1.165) is 5.56 Å². The van der Waals surface area contributed by atoms with Gasteiger partial charge in [0, 0.05) is 6.54 Å². The molecule has 1 aromatic rings. The van der Waals surface area contributed by atoms with E-state index in [9.17, 15) is 9.18 Å². The largest absolute Gasteiger partial charge is 0.354 e. The predicted molar refractivity (Wildman–Crippen MR) is 58.4 cm³/mol. The summed E-state index contributed by atoms with van der Waals surface area (Å²) in [5, 5.41) is 2.17. The zero-order chi connectivity index (χ0) is 11.3. The summed E-state index contributed by atoms with van der Waals surface area (Å²) in [6, 6.07) is 6.21. The van der Waals surface area contributed by atoms with Gasteiger partial charge >= 0.3 is 0 Å². The highest BCUT2D eigenvalue weighted by Gasteiger charge is 2.07. The number of carbonyl (C=O) groups excluding carboxylic acids is 1. The number of hydrogen-bond donors (Lipinski definition) is 1. The number of nitrogens with one attached hydrogen (secondary N) is 1. The molecule has 0 aliphatic heterocycles. The van der Waals surface area contributed by atoms with Crippen molar-refractivity contribution in [3.8, 4) is 0 Å². The van der Waals surface area contributed by atoms with Crippen molar-refractivity contribution in [2.24, 2.45) is 0 Å². The molecule has 4 heteroatoms. The fourth-order valence-electron chi connectivity index (χ4n) is 1.12. The van der Waals surface area contributed by atoms with Crippen molar-refractivity contribution in [3.63, 3.8) is 0 Å². The zero-order valence-corrected chi connectivity index (χ0v) is 9.22. The highest BCUT2D eigenvalue weighted by molar-refractivity contribution is 6.30. The van der Waals surface area contributed by atoms with Crippen molar-refractivity contribution < 1.29 is 9.18 Å². The van der Waals surface area contributed by atoms with E-state index in [1.807, 2.05) is 0 Å². The molecule has 0 aliphatic rings. The minimum Gasteiger partial charge on any atom is -0.354 e. The first-order valence-corrected chi connectivity index (χ1v) is 5.19. The number of alkyl halides is 1. The summed E-state index contributed by atoms with van der Waals surface area (Å²) in [4.78, 5) is 11.1. The normalized spacial score (nSPS) is 12.2. The van der Waals surface area contributed by atoms with Crippen LogP contribution in [0.15, 0.2) is 24.3 Å². The van der Waals surface area contributed by atoms with Gasteiger partial charge < -0.3 is 5.32 Å². The molecule has 0 heterocycles. The molecule has 1 atom stereocenters. The summed E-state index contributed by atoms with van der Waals surface area (Å²) in [6.45, 7) is 2.14. The molecule has 0 fully saturated rings. The average Bonchev–Trinajstić information content (AvgIpc) is 2.20. The van der Waals surface area contributed by atoms with Gasteiger partial charge in [0.15, 0.2) is 0 Å². The first-order chi connectivity index (χ1) is 7.09. The molecule has 0 saturated heterocycles. The van der Waals surface area contributed by atoms with Crippen LogP contribution >= 0.6 is 11.6 Å². The second-order valence-corrected chi connectivity index (χ2v) is 3.94. The van der Waals surface area contributed by atoms with Crippen LogP contribution in [0.1, 0.15) is 12.5 Å². The van der Waals surface area contributed by atoms with Gasteiger partial charge in [0.05, 0.1) is 0 Å². The fourth-order valence-corrected chi connectivity index (χ4v) is 1.20. The van der Waals surface area contributed by atoms with E-state index >= 15 is 0 Å². The third kappa shape index (κ3) is 4.30. The smallest absolute Gasteiger partial charge is 0.237 e. The standard InChI is InChI=1S/C11H13ClFNO/c1-8(12)11(15)14-7-6-9-2-4-10(13)5-3-9/h2-5,8H,6-7H2,1H3,(H,14,15)/t8-/m1/s1. The predicted octanol–water partition coefficient (Wildman–Crippen LogP) is 2.11. The first-order valence-electron chi connectivity index (χ1n) is 4.76. The highest BCUT2D eigenvalue weighted by atomic mass is 35.5. The van der Waals surface area contributed by atoms with E-state index in [0.29, 0.717) is 13.0 Å². The number of carbonyl (C=O) groups is 1. The SMILES string of the molecule is C[C@@H](Cl)C(=O)NCCc1ccc(F)cc1. The monoisotopic (exact) mass is 229 g/mol. The van der Waals surface area contributed by atoms with Crippen LogP contribution in [0, 0.1) is 5.82 Å². The van der Waals surface area contributed by atoms with Gasteiger partial charge in [0.2, 0.25) is 5.91 Å². The lowest BCUT2D eigenvalue weighted by molar-refractivity contribution is -0.120. The topological polar surface area (TPSA) is 29.1 Å². The molecule has 1 aromatic carbocycles. The van der Waals surface area contributed by atoms with Gasteiger partial charge in [0.1, 0.15) is 11.2 Å². The number of amides is 1. The van der Waals surface area contributed by atoms with Gasteiger partial charge in [-0.3, -0.25) is 4.79 Å². The maximum absolute atomic E-state index is 12.6. The molecule has 15 heavy (non-hydrogen) atoms. The van der Waals surface area contributed by atoms with Crippen LogP contribution in [0.3, 0.4) is 0 Å². The molecule has 0 spiro atoms. The second-order valence-electron chi connectivity index (χ2n) is 3.28. The Bertz CT molecular complexity index is 324. The van der Waals surface area contributed by atoms with E-state index in [2.05, 4.69) is 5.32 Å². The lowest BCUT2D eigenvalue weighted by atomic mass is 10.1. The Kier molecular flexibility index (Phi) is 4.56. The minimum atomic E-state index is -0.516. The average molecular weight is 230 g/mol. The van der Waals surface area contributed by atoms with Crippen LogP contribution in [0.2, 0.25) is 0 Å². The molecular formula is C11H13ClFNO. The van der Waals surface area contributed by atoms with Crippen molar-refractivity contribution in [2.75, 3.05) is 6.54 Å². The molecule has 0 aromatic heterocycles. The Hall–Kier alpha value is -1.09. The number of rotatable bonds is 4. The van der Waals surface area contributed by atoms with Gasteiger partial charge in [0.25, 0.3) is 0 Å². The second kappa shape index (κ2) is 5.71. The third-order valence-electron chi connectivity index (χ3n) is 1.99. The molecule has 1 N–H and O–H groups in total. The van der Waals surface area contributed by atoms with Crippen LogP contribution in [-0.2, 0) is 11.2 Å². The molecule has 0 aliphatic carbocycles. The molecule has 0 unspecified atom stereocenters. The Morgan fingerprint density at radius 2 is 2.07 bits per heavy atom. The van der Waals surface area contributed by atoms with Gasteiger partial charge in [-0.25, -0.2) is 4.39 Å². The molecule has 1 rings (SSSR count). The van der Waals surface area contributed by atoms with E-state index in [4.69, 9.17) is 11.6 Å². The van der Waals surface area contributed by atoms with E-state index in [1.54, 1.807) is 19.1 Å². The Labute approximate surface area is 93.4 Å². The number of benzene rings is 1. The molecule has 0 saturated carbocycles. The molecular weight excluding hydrogens is 217 g/mol. The zero-order valence-electron chi connectivity index (χ0n) is 8.47. The Balaban J connectivity index is 2.32. The molecule has 0 bridgehead atoms. The lowest BCUT2D eigenvalue weighted by Gasteiger charge is -2.06. The third-order valence-corrected chi connectivity index (χ3v) is 2.19. The maximum atomic E-state index is 12.6. The molecule has 2 nitrogen and oxygen atoms in total.